The highest BCUT2D eigenvalue weighted by atomic mass is 16.3. The van der Waals surface area contributed by atoms with Crippen molar-refractivity contribution in [2.24, 2.45) is 23.5 Å². The zero-order valence-corrected chi connectivity index (χ0v) is 6.16. The number of aliphatic hydroxyl groups excluding tert-OH is 1. The van der Waals surface area contributed by atoms with Crippen LogP contribution in [0.1, 0.15) is 19.3 Å². The predicted octanol–water partition coefficient (Wildman–Crippen LogP) is 0.352. The van der Waals surface area contributed by atoms with E-state index >= 15 is 0 Å². The van der Waals surface area contributed by atoms with Crippen LogP contribution in [0.15, 0.2) is 0 Å². The van der Waals surface area contributed by atoms with E-state index in [0.717, 1.165) is 18.9 Å². The fourth-order valence-corrected chi connectivity index (χ4v) is 2.81. The van der Waals surface area contributed by atoms with Crippen molar-refractivity contribution in [2.75, 3.05) is 6.54 Å². The third kappa shape index (κ3) is 0.722. The molecule has 2 aliphatic carbocycles. The van der Waals surface area contributed by atoms with Crippen LogP contribution in [0, 0.1) is 17.8 Å². The second-order valence-electron chi connectivity index (χ2n) is 3.70. The summed E-state index contributed by atoms with van der Waals surface area (Å²) in [5.74, 6) is 1.95. The van der Waals surface area contributed by atoms with Crippen molar-refractivity contribution in [1.29, 1.82) is 0 Å². The maximum atomic E-state index is 9.47. The van der Waals surface area contributed by atoms with Crippen molar-refractivity contribution < 1.29 is 5.11 Å². The molecule has 0 radical (unpaired) electrons. The molecule has 4 atom stereocenters. The van der Waals surface area contributed by atoms with Gasteiger partial charge in [-0.1, -0.05) is 0 Å². The zero-order valence-electron chi connectivity index (χ0n) is 6.16. The Balaban J connectivity index is 2.11. The normalized spacial score (nSPS) is 52.2. The summed E-state index contributed by atoms with van der Waals surface area (Å²) in [6.45, 7) is 0.784. The molecule has 2 aliphatic rings. The molecular formula is C8H15NO. The van der Waals surface area contributed by atoms with Crippen molar-refractivity contribution in [1.82, 2.24) is 0 Å². The van der Waals surface area contributed by atoms with Gasteiger partial charge in [-0.05, 0) is 43.6 Å². The van der Waals surface area contributed by atoms with Crippen LogP contribution in [0.25, 0.3) is 0 Å². The highest BCUT2D eigenvalue weighted by Gasteiger charge is 2.46. The van der Waals surface area contributed by atoms with Gasteiger partial charge in [0.1, 0.15) is 0 Å². The smallest absolute Gasteiger partial charge is 0.0574 e. The van der Waals surface area contributed by atoms with Crippen LogP contribution >= 0.6 is 0 Å². The van der Waals surface area contributed by atoms with Gasteiger partial charge in [-0.25, -0.2) is 0 Å². The Morgan fingerprint density at radius 3 is 2.50 bits per heavy atom. The number of rotatable bonds is 1. The summed E-state index contributed by atoms with van der Waals surface area (Å²) in [5, 5.41) is 9.47. The first-order chi connectivity index (χ1) is 4.83. The fraction of sp³-hybridized carbons (Fsp3) is 1.00. The van der Waals surface area contributed by atoms with Crippen LogP contribution in [0.4, 0.5) is 0 Å². The van der Waals surface area contributed by atoms with Crippen LogP contribution < -0.4 is 5.73 Å². The molecule has 0 aromatic carbocycles. The SMILES string of the molecule is NC[C@@H]1[C@H]2CC[C@H]1[C@H](O)C2. The minimum atomic E-state index is -0.0210. The number of hydrogen-bond acceptors (Lipinski definition) is 2. The molecule has 58 valence electrons. The molecule has 0 heterocycles. The molecule has 10 heavy (non-hydrogen) atoms. The lowest BCUT2D eigenvalue weighted by Crippen LogP contribution is -2.22. The zero-order chi connectivity index (χ0) is 7.14. The van der Waals surface area contributed by atoms with E-state index < -0.39 is 0 Å². The van der Waals surface area contributed by atoms with Gasteiger partial charge < -0.3 is 10.8 Å². The summed E-state index contributed by atoms with van der Waals surface area (Å²) in [4.78, 5) is 0. The summed E-state index contributed by atoms with van der Waals surface area (Å²) in [5.41, 5.74) is 5.61. The predicted molar refractivity (Wildman–Crippen MR) is 39.4 cm³/mol. The lowest BCUT2D eigenvalue weighted by molar-refractivity contribution is 0.108. The molecule has 0 saturated heterocycles. The molecule has 3 N–H and O–H groups in total. The van der Waals surface area contributed by atoms with E-state index in [1.54, 1.807) is 0 Å². The Hall–Kier alpha value is -0.0800. The number of nitrogens with two attached hydrogens (primary N) is 1. The van der Waals surface area contributed by atoms with E-state index in [4.69, 9.17) is 5.73 Å². The van der Waals surface area contributed by atoms with Crippen LogP contribution in [0.2, 0.25) is 0 Å². The van der Waals surface area contributed by atoms with E-state index in [-0.39, 0.29) is 6.10 Å². The molecule has 2 nitrogen and oxygen atoms in total. The number of hydrogen-bond donors (Lipinski definition) is 2. The van der Waals surface area contributed by atoms with E-state index in [1.807, 2.05) is 0 Å². The van der Waals surface area contributed by atoms with Gasteiger partial charge >= 0.3 is 0 Å². The van der Waals surface area contributed by atoms with Crippen molar-refractivity contribution in [3.63, 3.8) is 0 Å². The topological polar surface area (TPSA) is 46.2 Å². The van der Waals surface area contributed by atoms with Gasteiger partial charge in [0.25, 0.3) is 0 Å². The Kier molecular flexibility index (Phi) is 1.46. The van der Waals surface area contributed by atoms with E-state index in [0.29, 0.717) is 11.8 Å². The van der Waals surface area contributed by atoms with Crippen LogP contribution in [-0.4, -0.2) is 17.8 Å². The molecule has 0 aromatic heterocycles. The summed E-state index contributed by atoms with van der Waals surface area (Å²) >= 11 is 0. The molecule has 0 amide bonds. The average Bonchev–Trinajstić information content (AvgIpc) is 2.42. The van der Waals surface area contributed by atoms with Gasteiger partial charge in [0.2, 0.25) is 0 Å². The Labute approximate surface area is 61.4 Å². The van der Waals surface area contributed by atoms with Crippen LogP contribution in [0.5, 0.6) is 0 Å². The highest BCUT2D eigenvalue weighted by molar-refractivity contribution is 4.97. The molecule has 0 aliphatic heterocycles. The first-order valence-electron chi connectivity index (χ1n) is 4.21. The summed E-state index contributed by atoms with van der Waals surface area (Å²) in [6.07, 6.45) is 3.52. The summed E-state index contributed by atoms with van der Waals surface area (Å²) in [7, 11) is 0. The van der Waals surface area contributed by atoms with Gasteiger partial charge in [-0.15, -0.1) is 0 Å². The van der Waals surface area contributed by atoms with Crippen LogP contribution in [0.3, 0.4) is 0 Å². The molecule has 0 unspecified atom stereocenters. The molecular weight excluding hydrogens is 126 g/mol. The van der Waals surface area contributed by atoms with Crippen molar-refractivity contribution in [2.45, 2.75) is 25.4 Å². The number of fused-ring (bicyclic) bond motifs is 2. The second-order valence-corrected chi connectivity index (χ2v) is 3.70. The lowest BCUT2D eigenvalue weighted by Gasteiger charge is -2.15. The van der Waals surface area contributed by atoms with Gasteiger partial charge in [0.05, 0.1) is 6.10 Å². The minimum Gasteiger partial charge on any atom is -0.393 e. The highest BCUT2D eigenvalue weighted by Crippen LogP contribution is 2.48. The van der Waals surface area contributed by atoms with Gasteiger partial charge in [0, 0.05) is 0 Å². The summed E-state index contributed by atoms with van der Waals surface area (Å²) in [6, 6.07) is 0. The van der Waals surface area contributed by atoms with Crippen molar-refractivity contribution in [3.8, 4) is 0 Å². The molecule has 0 spiro atoms. The van der Waals surface area contributed by atoms with Crippen molar-refractivity contribution >= 4 is 0 Å². The van der Waals surface area contributed by atoms with E-state index in [1.165, 1.54) is 12.8 Å². The lowest BCUT2D eigenvalue weighted by atomic mass is 9.97. The monoisotopic (exact) mass is 141 g/mol. The maximum Gasteiger partial charge on any atom is 0.0574 e. The second kappa shape index (κ2) is 2.21. The quantitative estimate of drug-likeness (QED) is 0.553. The van der Waals surface area contributed by atoms with Gasteiger partial charge in [-0.3, -0.25) is 0 Å². The van der Waals surface area contributed by atoms with E-state index in [9.17, 15) is 5.11 Å². The standard InChI is InChI=1S/C8H15NO/c9-4-7-5-1-2-6(7)8(10)3-5/h5-8,10H,1-4,9H2/t5-,6+,7+,8+/m0/s1. The fourth-order valence-electron chi connectivity index (χ4n) is 2.81. The third-order valence-electron chi connectivity index (χ3n) is 3.34. The number of aliphatic hydroxyl groups is 1. The Bertz CT molecular complexity index is 137. The Morgan fingerprint density at radius 2 is 2.20 bits per heavy atom. The molecule has 0 aromatic rings. The molecule has 2 saturated carbocycles. The first-order valence-corrected chi connectivity index (χ1v) is 4.21. The summed E-state index contributed by atoms with van der Waals surface area (Å²) < 4.78 is 0. The van der Waals surface area contributed by atoms with E-state index in [2.05, 4.69) is 0 Å². The molecule has 2 rings (SSSR count). The third-order valence-corrected chi connectivity index (χ3v) is 3.34. The molecule has 2 bridgehead atoms. The van der Waals surface area contributed by atoms with Gasteiger partial charge in [-0.2, -0.15) is 0 Å². The molecule has 2 fully saturated rings. The van der Waals surface area contributed by atoms with Crippen LogP contribution in [-0.2, 0) is 0 Å². The van der Waals surface area contributed by atoms with Crippen molar-refractivity contribution in [3.05, 3.63) is 0 Å². The molecule has 2 heteroatoms. The minimum absolute atomic E-state index is 0.0210. The first kappa shape index (κ1) is 6.62. The maximum absolute atomic E-state index is 9.47. The Morgan fingerprint density at radius 1 is 1.40 bits per heavy atom. The largest absolute Gasteiger partial charge is 0.393 e. The average molecular weight is 141 g/mol. The van der Waals surface area contributed by atoms with Gasteiger partial charge in [0.15, 0.2) is 0 Å².